The van der Waals surface area contributed by atoms with Gasteiger partial charge in [0, 0.05) is 11.8 Å². The smallest absolute Gasteiger partial charge is 0.248 e. The van der Waals surface area contributed by atoms with E-state index in [1.165, 1.54) is 0 Å². The van der Waals surface area contributed by atoms with Crippen LogP contribution >= 0.6 is 0 Å². The molecule has 0 radical (unpaired) electrons. The van der Waals surface area contributed by atoms with Crippen LogP contribution in [0.25, 0.3) is 16.8 Å². The van der Waals surface area contributed by atoms with Gasteiger partial charge < -0.3 is 10.1 Å². The van der Waals surface area contributed by atoms with Crippen molar-refractivity contribution in [3.8, 4) is 5.75 Å². The molecule has 0 aliphatic rings. The van der Waals surface area contributed by atoms with Gasteiger partial charge in [0.15, 0.2) is 0 Å². The normalized spacial score (nSPS) is 10.9. The lowest BCUT2D eigenvalue weighted by Crippen LogP contribution is -2.07. The molecule has 1 N–H and O–H groups in total. The van der Waals surface area contributed by atoms with Gasteiger partial charge in [-0.3, -0.25) is 4.79 Å². The van der Waals surface area contributed by atoms with E-state index in [1.807, 2.05) is 84.9 Å². The molecule has 0 aliphatic heterocycles. The van der Waals surface area contributed by atoms with Crippen molar-refractivity contribution in [2.75, 3.05) is 5.32 Å². The second-order valence-electron chi connectivity index (χ2n) is 6.69. The first-order valence-electron chi connectivity index (χ1n) is 9.51. The minimum absolute atomic E-state index is 0.170. The van der Waals surface area contributed by atoms with Crippen molar-refractivity contribution >= 4 is 28.4 Å². The fourth-order valence-corrected chi connectivity index (χ4v) is 3.12. The molecule has 4 aromatic carbocycles. The molecule has 0 unspecified atom stereocenters. The van der Waals surface area contributed by atoms with E-state index in [0.717, 1.165) is 33.3 Å². The first kappa shape index (κ1) is 18.5. The Labute approximate surface area is 170 Å². The second kappa shape index (κ2) is 8.89. The van der Waals surface area contributed by atoms with Gasteiger partial charge in [-0.15, -0.1) is 0 Å². The third-order valence-electron chi connectivity index (χ3n) is 4.61. The highest BCUT2D eigenvalue weighted by atomic mass is 16.5. The molecule has 0 saturated heterocycles. The van der Waals surface area contributed by atoms with Crippen molar-refractivity contribution in [1.29, 1.82) is 0 Å². The highest BCUT2D eigenvalue weighted by Crippen LogP contribution is 2.20. The summed E-state index contributed by atoms with van der Waals surface area (Å²) in [6, 6.07) is 31.6. The number of benzene rings is 4. The number of fused-ring (bicyclic) bond motifs is 1. The molecule has 3 nitrogen and oxygen atoms in total. The minimum atomic E-state index is -0.170. The number of amides is 1. The first-order valence-corrected chi connectivity index (χ1v) is 9.51. The summed E-state index contributed by atoms with van der Waals surface area (Å²) in [6.07, 6.45) is 3.40. The van der Waals surface area contributed by atoms with Gasteiger partial charge in [0.25, 0.3) is 0 Å². The maximum atomic E-state index is 12.3. The Morgan fingerprint density at radius 2 is 1.52 bits per heavy atom. The fourth-order valence-electron chi connectivity index (χ4n) is 3.12. The molecular weight excluding hydrogens is 358 g/mol. The Balaban J connectivity index is 1.36. The van der Waals surface area contributed by atoms with Crippen LogP contribution in [0, 0.1) is 0 Å². The fraction of sp³-hybridized carbons (Fsp3) is 0.0385. The molecule has 0 aromatic heterocycles. The number of carbonyl (C=O) groups is 1. The zero-order chi connectivity index (χ0) is 19.9. The maximum absolute atomic E-state index is 12.3. The minimum Gasteiger partial charge on any atom is -0.489 e. The zero-order valence-corrected chi connectivity index (χ0v) is 15.9. The molecule has 0 atom stereocenters. The molecule has 0 aliphatic carbocycles. The number of carbonyl (C=O) groups excluding carboxylic acids is 1. The third kappa shape index (κ3) is 4.90. The topological polar surface area (TPSA) is 38.3 Å². The van der Waals surface area contributed by atoms with E-state index in [0.29, 0.717) is 6.61 Å². The van der Waals surface area contributed by atoms with Gasteiger partial charge in [0.05, 0.1) is 0 Å². The van der Waals surface area contributed by atoms with Gasteiger partial charge in [-0.2, -0.15) is 0 Å². The first-order chi connectivity index (χ1) is 14.3. The van der Waals surface area contributed by atoms with E-state index in [9.17, 15) is 4.79 Å². The Kier molecular flexibility index (Phi) is 5.68. The lowest BCUT2D eigenvalue weighted by atomic mass is 10.0. The van der Waals surface area contributed by atoms with Gasteiger partial charge in [-0.25, -0.2) is 0 Å². The summed E-state index contributed by atoms with van der Waals surface area (Å²) in [5.41, 5.74) is 2.86. The van der Waals surface area contributed by atoms with Crippen LogP contribution in [0.5, 0.6) is 5.75 Å². The molecule has 1 amide bonds. The third-order valence-corrected chi connectivity index (χ3v) is 4.61. The van der Waals surface area contributed by atoms with Gasteiger partial charge in [0.2, 0.25) is 5.91 Å². The van der Waals surface area contributed by atoms with E-state index in [4.69, 9.17) is 4.74 Å². The highest BCUT2D eigenvalue weighted by Gasteiger charge is 2.01. The summed E-state index contributed by atoms with van der Waals surface area (Å²) in [7, 11) is 0. The van der Waals surface area contributed by atoms with Crippen LogP contribution in [0.4, 0.5) is 5.69 Å². The Hall–Kier alpha value is -3.85. The number of hydrogen-bond acceptors (Lipinski definition) is 2. The number of hydrogen-bond donors (Lipinski definition) is 1. The van der Waals surface area contributed by atoms with Crippen molar-refractivity contribution in [3.05, 3.63) is 114 Å². The van der Waals surface area contributed by atoms with Crippen molar-refractivity contribution in [2.24, 2.45) is 0 Å². The number of anilines is 1. The summed E-state index contributed by atoms with van der Waals surface area (Å²) in [6.45, 7) is 0.514. The number of rotatable bonds is 6. The van der Waals surface area contributed by atoms with E-state index in [2.05, 4.69) is 23.5 Å². The van der Waals surface area contributed by atoms with Gasteiger partial charge in [0.1, 0.15) is 12.4 Å². The van der Waals surface area contributed by atoms with Crippen molar-refractivity contribution in [2.45, 2.75) is 6.61 Å². The summed E-state index contributed by atoms with van der Waals surface area (Å²) >= 11 is 0. The molecule has 4 rings (SSSR count). The number of nitrogens with one attached hydrogen (secondary N) is 1. The van der Waals surface area contributed by atoms with Crippen LogP contribution in [0.1, 0.15) is 11.1 Å². The molecule has 3 heteroatoms. The van der Waals surface area contributed by atoms with Gasteiger partial charge in [-0.1, -0.05) is 72.8 Å². The summed E-state index contributed by atoms with van der Waals surface area (Å²) < 4.78 is 5.77. The van der Waals surface area contributed by atoms with Crippen molar-refractivity contribution < 1.29 is 9.53 Å². The molecule has 0 bridgehead atoms. The SMILES string of the molecule is O=C(/C=C/c1cccc2ccccc12)Nc1ccc(OCc2ccccc2)cc1. The van der Waals surface area contributed by atoms with Crippen molar-refractivity contribution in [1.82, 2.24) is 0 Å². The molecule has 0 heterocycles. The molecule has 0 saturated carbocycles. The number of ether oxygens (including phenoxy) is 1. The van der Waals surface area contributed by atoms with E-state index >= 15 is 0 Å². The Morgan fingerprint density at radius 1 is 0.793 bits per heavy atom. The predicted octanol–water partition coefficient (Wildman–Crippen LogP) is 6.07. The largest absolute Gasteiger partial charge is 0.489 e. The van der Waals surface area contributed by atoms with E-state index in [-0.39, 0.29) is 5.91 Å². The average Bonchev–Trinajstić information content (AvgIpc) is 2.78. The quantitative estimate of drug-likeness (QED) is 0.413. The summed E-state index contributed by atoms with van der Waals surface area (Å²) in [5, 5.41) is 5.16. The summed E-state index contributed by atoms with van der Waals surface area (Å²) in [5.74, 6) is 0.592. The van der Waals surface area contributed by atoms with Crippen LogP contribution in [0.2, 0.25) is 0 Å². The highest BCUT2D eigenvalue weighted by molar-refractivity contribution is 6.03. The van der Waals surface area contributed by atoms with E-state index in [1.54, 1.807) is 6.08 Å². The average molecular weight is 379 g/mol. The summed E-state index contributed by atoms with van der Waals surface area (Å²) in [4.78, 5) is 12.3. The molecule has 29 heavy (non-hydrogen) atoms. The Bertz CT molecular complexity index is 1130. The monoisotopic (exact) mass is 379 g/mol. The molecule has 0 fully saturated rings. The molecule has 4 aromatic rings. The molecule has 0 spiro atoms. The Morgan fingerprint density at radius 3 is 2.34 bits per heavy atom. The van der Waals surface area contributed by atoms with Gasteiger partial charge >= 0.3 is 0 Å². The van der Waals surface area contributed by atoms with Crippen LogP contribution in [-0.2, 0) is 11.4 Å². The van der Waals surface area contributed by atoms with Crippen LogP contribution in [-0.4, -0.2) is 5.91 Å². The zero-order valence-electron chi connectivity index (χ0n) is 15.9. The van der Waals surface area contributed by atoms with Crippen molar-refractivity contribution in [3.63, 3.8) is 0 Å². The standard InChI is InChI=1S/C26H21NO2/c28-26(18-13-22-11-6-10-21-9-4-5-12-25(21)22)27-23-14-16-24(17-15-23)29-19-20-7-2-1-3-8-20/h1-18H,19H2,(H,27,28)/b18-13+. The predicted molar refractivity (Wildman–Crippen MR) is 119 cm³/mol. The molecular formula is C26H21NO2. The molecule has 142 valence electrons. The lowest BCUT2D eigenvalue weighted by Gasteiger charge is -2.08. The second-order valence-corrected chi connectivity index (χ2v) is 6.69. The van der Waals surface area contributed by atoms with Crippen LogP contribution < -0.4 is 10.1 Å². The van der Waals surface area contributed by atoms with E-state index < -0.39 is 0 Å². The van der Waals surface area contributed by atoms with Crippen LogP contribution in [0.15, 0.2) is 103 Å². The van der Waals surface area contributed by atoms with Crippen LogP contribution in [0.3, 0.4) is 0 Å². The maximum Gasteiger partial charge on any atom is 0.248 e. The lowest BCUT2D eigenvalue weighted by molar-refractivity contribution is -0.111. The van der Waals surface area contributed by atoms with Gasteiger partial charge in [-0.05, 0) is 52.2 Å².